The summed E-state index contributed by atoms with van der Waals surface area (Å²) in [7, 11) is 0. The van der Waals surface area contributed by atoms with E-state index in [0.29, 0.717) is 11.4 Å². The first-order chi connectivity index (χ1) is 23.7. The molecule has 1 aliphatic rings. The predicted octanol–water partition coefficient (Wildman–Crippen LogP) is 11.5. The van der Waals surface area contributed by atoms with Crippen molar-refractivity contribution in [2.24, 2.45) is 0 Å². The minimum absolute atomic E-state index is 0.655. The first-order valence-electron chi connectivity index (χ1n) is 16.1. The summed E-state index contributed by atoms with van der Waals surface area (Å²) in [5.41, 5.74) is 15.1. The highest BCUT2D eigenvalue weighted by Gasteiger charge is 2.24. The standard InChI is InChI=1S/C45H27N3/c46-28-29-15-17-30(18-16-29)35-23-25-39-37-13-7-8-14-38(37)40-26-24-36(43(35)44(39)40)31-19-21-34(22-20-31)45-47-41(32-9-3-1-4-10-32)27-42(48-45)33-11-5-2-6-12-33/h1-27H. The molecule has 0 unspecified atom stereocenters. The Kier molecular flexibility index (Phi) is 6.52. The van der Waals surface area contributed by atoms with Crippen LogP contribution in [0.1, 0.15) is 5.56 Å². The van der Waals surface area contributed by atoms with Gasteiger partial charge in [-0.05, 0) is 73.5 Å². The topological polar surface area (TPSA) is 49.6 Å². The summed E-state index contributed by atoms with van der Waals surface area (Å²) in [4.78, 5) is 10.1. The van der Waals surface area contributed by atoms with Crippen LogP contribution in [0.15, 0.2) is 164 Å². The molecule has 0 atom stereocenters. The molecule has 1 aliphatic carbocycles. The fraction of sp³-hybridized carbons (Fsp3) is 0. The molecule has 0 N–H and O–H groups in total. The van der Waals surface area contributed by atoms with E-state index in [1.54, 1.807) is 0 Å². The molecule has 0 aliphatic heterocycles. The zero-order valence-electron chi connectivity index (χ0n) is 25.9. The molecule has 0 saturated carbocycles. The zero-order valence-corrected chi connectivity index (χ0v) is 25.9. The van der Waals surface area contributed by atoms with Gasteiger partial charge in [-0.1, -0.05) is 146 Å². The molecule has 0 fully saturated rings. The number of hydrogen-bond donors (Lipinski definition) is 0. The molecule has 0 bridgehead atoms. The highest BCUT2D eigenvalue weighted by atomic mass is 14.9. The summed E-state index contributed by atoms with van der Waals surface area (Å²) in [6, 6.07) is 59.1. The van der Waals surface area contributed by atoms with E-state index in [9.17, 15) is 5.26 Å². The van der Waals surface area contributed by atoms with Gasteiger partial charge in [-0.25, -0.2) is 9.97 Å². The Morgan fingerprint density at radius 2 is 0.771 bits per heavy atom. The van der Waals surface area contributed by atoms with Gasteiger partial charge in [0.15, 0.2) is 5.82 Å². The smallest absolute Gasteiger partial charge is 0.160 e. The third kappa shape index (κ3) is 4.59. The van der Waals surface area contributed by atoms with E-state index in [-0.39, 0.29) is 0 Å². The Morgan fingerprint density at radius 1 is 0.354 bits per heavy atom. The summed E-state index contributed by atoms with van der Waals surface area (Å²) in [5, 5.41) is 11.9. The van der Waals surface area contributed by atoms with E-state index in [4.69, 9.17) is 9.97 Å². The van der Waals surface area contributed by atoms with Crippen LogP contribution in [0.2, 0.25) is 0 Å². The molecule has 3 heteroatoms. The molecular weight excluding hydrogens is 583 g/mol. The highest BCUT2D eigenvalue weighted by molar-refractivity contribution is 6.22. The lowest BCUT2D eigenvalue weighted by Gasteiger charge is -2.15. The van der Waals surface area contributed by atoms with Crippen LogP contribution in [0.25, 0.3) is 89.2 Å². The van der Waals surface area contributed by atoms with Crippen LogP contribution in [0.4, 0.5) is 0 Å². The van der Waals surface area contributed by atoms with Crippen LogP contribution >= 0.6 is 0 Å². The van der Waals surface area contributed by atoms with Crippen molar-refractivity contribution < 1.29 is 0 Å². The van der Waals surface area contributed by atoms with Crippen molar-refractivity contribution in [2.45, 2.75) is 0 Å². The molecule has 8 aromatic rings. The summed E-state index contributed by atoms with van der Waals surface area (Å²) in [6.45, 7) is 0. The van der Waals surface area contributed by atoms with Crippen molar-refractivity contribution in [1.82, 2.24) is 9.97 Å². The molecule has 0 saturated heterocycles. The highest BCUT2D eigenvalue weighted by Crippen LogP contribution is 2.51. The Balaban J connectivity index is 1.20. The number of nitriles is 1. The van der Waals surface area contributed by atoms with Crippen LogP contribution in [0, 0.1) is 11.3 Å². The van der Waals surface area contributed by atoms with Gasteiger partial charge in [-0.3, -0.25) is 0 Å². The largest absolute Gasteiger partial charge is 0.228 e. The summed E-state index contributed by atoms with van der Waals surface area (Å²) in [5.74, 6) is 0.691. The van der Waals surface area contributed by atoms with Gasteiger partial charge in [0.05, 0.1) is 23.0 Å². The minimum Gasteiger partial charge on any atom is -0.228 e. The molecule has 222 valence electrons. The quantitative estimate of drug-likeness (QED) is 0.195. The molecular formula is C45H27N3. The van der Waals surface area contributed by atoms with Gasteiger partial charge in [0, 0.05) is 16.7 Å². The van der Waals surface area contributed by atoms with Crippen molar-refractivity contribution in [3.05, 3.63) is 169 Å². The van der Waals surface area contributed by atoms with Gasteiger partial charge in [0.2, 0.25) is 0 Å². The van der Waals surface area contributed by atoms with Crippen LogP contribution in [-0.2, 0) is 0 Å². The van der Waals surface area contributed by atoms with E-state index in [1.165, 1.54) is 38.6 Å². The number of aromatic nitrogens is 2. The second kappa shape index (κ2) is 11.3. The third-order valence-corrected chi connectivity index (χ3v) is 9.31. The van der Waals surface area contributed by atoms with Gasteiger partial charge in [0.1, 0.15) is 0 Å². The van der Waals surface area contributed by atoms with Crippen molar-refractivity contribution in [3.8, 4) is 84.5 Å². The normalized spacial score (nSPS) is 11.3. The minimum atomic E-state index is 0.655. The van der Waals surface area contributed by atoms with Gasteiger partial charge in [-0.2, -0.15) is 5.26 Å². The summed E-state index contributed by atoms with van der Waals surface area (Å²) in [6.07, 6.45) is 0. The van der Waals surface area contributed by atoms with Crippen LogP contribution in [-0.4, -0.2) is 9.97 Å². The zero-order chi connectivity index (χ0) is 32.0. The molecule has 1 heterocycles. The maximum atomic E-state index is 9.44. The monoisotopic (exact) mass is 609 g/mol. The molecule has 9 rings (SSSR count). The first-order valence-corrected chi connectivity index (χ1v) is 16.1. The summed E-state index contributed by atoms with van der Waals surface area (Å²) < 4.78 is 0. The first kappa shape index (κ1) is 27.7. The average Bonchev–Trinajstić information content (AvgIpc) is 3.50. The molecule has 0 amide bonds. The summed E-state index contributed by atoms with van der Waals surface area (Å²) >= 11 is 0. The lowest BCUT2D eigenvalue weighted by Crippen LogP contribution is -1.96. The predicted molar refractivity (Wildman–Crippen MR) is 196 cm³/mol. The Labute approximate surface area is 279 Å². The van der Waals surface area contributed by atoms with E-state index in [0.717, 1.165) is 44.8 Å². The van der Waals surface area contributed by atoms with Crippen molar-refractivity contribution in [3.63, 3.8) is 0 Å². The molecule has 48 heavy (non-hydrogen) atoms. The Hall–Kier alpha value is -6.63. The fourth-order valence-electron chi connectivity index (χ4n) is 6.99. The maximum Gasteiger partial charge on any atom is 0.160 e. The van der Waals surface area contributed by atoms with Gasteiger partial charge in [-0.15, -0.1) is 0 Å². The van der Waals surface area contributed by atoms with E-state index in [1.807, 2.05) is 48.5 Å². The average molecular weight is 610 g/mol. The lowest BCUT2D eigenvalue weighted by molar-refractivity contribution is 1.18. The van der Waals surface area contributed by atoms with E-state index >= 15 is 0 Å². The van der Waals surface area contributed by atoms with Crippen LogP contribution < -0.4 is 0 Å². The van der Waals surface area contributed by atoms with Crippen LogP contribution in [0.5, 0.6) is 0 Å². The Bertz CT molecular complexity index is 2440. The number of rotatable bonds is 5. The van der Waals surface area contributed by atoms with Gasteiger partial charge >= 0.3 is 0 Å². The van der Waals surface area contributed by atoms with Crippen molar-refractivity contribution in [1.29, 1.82) is 5.26 Å². The second-order valence-electron chi connectivity index (χ2n) is 12.1. The third-order valence-electron chi connectivity index (χ3n) is 9.31. The maximum absolute atomic E-state index is 9.44. The fourth-order valence-corrected chi connectivity index (χ4v) is 6.99. The van der Waals surface area contributed by atoms with Crippen molar-refractivity contribution >= 4 is 10.8 Å². The second-order valence-corrected chi connectivity index (χ2v) is 12.1. The van der Waals surface area contributed by atoms with Gasteiger partial charge < -0.3 is 0 Å². The number of fused-ring (bicyclic) bond motifs is 3. The molecule has 0 spiro atoms. The van der Waals surface area contributed by atoms with E-state index in [2.05, 4.69) is 121 Å². The molecule has 1 aromatic heterocycles. The number of nitrogens with zero attached hydrogens (tertiary/aromatic N) is 3. The number of benzene rings is 7. The van der Waals surface area contributed by atoms with Crippen molar-refractivity contribution in [2.75, 3.05) is 0 Å². The lowest BCUT2D eigenvalue weighted by atomic mass is 9.88. The molecule has 0 radical (unpaired) electrons. The van der Waals surface area contributed by atoms with E-state index < -0.39 is 0 Å². The van der Waals surface area contributed by atoms with Gasteiger partial charge in [0.25, 0.3) is 0 Å². The Morgan fingerprint density at radius 3 is 1.27 bits per heavy atom. The van der Waals surface area contributed by atoms with Crippen LogP contribution in [0.3, 0.4) is 0 Å². The SMILES string of the molecule is N#Cc1ccc(-c2ccc3c4c(ccc(-c5ccc(-c6nc(-c7ccccc7)cc(-c7ccccc7)n6)cc5)c24)-c2ccccc2-3)cc1. The molecule has 3 nitrogen and oxygen atoms in total. The number of hydrogen-bond acceptors (Lipinski definition) is 3. The molecule has 7 aromatic carbocycles.